The molecule has 0 saturated carbocycles. The van der Waals surface area contributed by atoms with Gasteiger partial charge in [-0.15, -0.1) is 6.58 Å². The molecule has 0 fully saturated rings. The summed E-state index contributed by atoms with van der Waals surface area (Å²) in [6.45, 7) is 9.14. The van der Waals surface area contributed by atoms with E-state index in [9.17, 15) is 4.79 Å². The molecule has 0 heterocycles. The normalized spacial score (nSPS) is 21.4. The van der Waals surface area contributed by atoms with E-state index in [0.717, 1.165) is 25.0 Å². The van der Waals surface area contributed by atoms with Crippen LogP contribution in [0.25, 0.3) is 0 Å². The first-order valence-electron chi connectivity index (χ1n) is 8.33. The molecular weight excluding hydrogens is 282 g/mol. The van der Waals surface area contributed by atoms with Crippen molar-refractivity contribution < 1.29 is 4.79 Å². The Morgan fingerprint density at radius 3 is 2.70 bits per heavy atom. The Morgan fingerprint density at radius 1 is 1.39 bits per heavy atom. The molecule has 23 heavy (non-hydrogen) atoms. The molecule has 0 N–H and O–H groups in total. The fraction of sp³-hybridized carbons (Fsp3) is 0.381. The van der Waals surface area contributed by atoms with Crippen LogP contribution in [0.2, 0.25) is 0 Å². The fourth-order valence-corrected chi connectivity index (χ4v) is 3.40. The van der Waals surface area contributed by atoms with E-state index in [0.29, 0.717) is 0 Å². The first-order valence-corrected chi connectivity index (χ1v) is 8.33. The minimum absolute atomic E-state index is 0.129. The van der Waals surface area contributed by atoms with E-state index in [-0.39, 0.29) is 17.2 Å². The van der Waals surface area contributed by atoms with Crippen LogP contribution in [-0.4, -0.2) is 24.4 Å². The van der Waals surface area contributed by atoms with Crippen LogP contribution in [0.5, 0.6) is 0 Å². The summed E-state index contributed by atoms with van der Waals surface area (Å²) < 4.78 is 0. The summed E-state index contributed by atoms with van der Waals surface area (Å²) in [4.78, 5) is 14.4. The second-order valence-corrected chi connectivity index (χ2v) is 6.58. The summed E-state index contributed by atoms with van der Waals surface area (Å²) >= 11 is 0. The standard InChI is InChI=1S/C21H27NO/c1-5-15-22(4)20(23)18-13-10-14-21(3,16-18)19(6-2)17-11-8-7-9-12-17/h6-14,19H,2,5,15-16H2,1,3-4H3. The van der Waals surface area contributed by atoms with Crippen molar-refractivity contribution in [3.63, 3.8) is 0 Å². The highest BCUT2D eigenvalue weighted by molar-refractivity contribution is 5.94. The monoisotopic (exact) mass is 309 g/mol. The van der Waals surface area contributed by atoms with Crippen LogP contribution in [-0.2, 0) is 4.79 Å². The van der Waals surface area contributed by atoms with Gasteiger partial charge in [0.1, 0.15) is 0 Å². The molecule has 0 radical (unpaired) electrons. The smallest absolute Gasteiger partial charge is 0.249 e. The van der Waals surface area contributed by atoms with Crippen molar-refractivity contribution >= 4 is 5.91 Å². The number of hydrogen-bond donors (Lipinski definition) is 0. The van der Waals surface area contributed by atoms with Gasteiger partial charge in [0.25, 0.3) is 0 Å². The van der Waals surface area contributed by atoms with Gasteiger partial charge in [-0.25, -0.2) is 0 Å². The van der Waals surface area contributed by atoms with Gasteiger partial charge in [-0.1, -0.05) is 68.5 Å². The molecular formula is C21H27NO. The van der Waals surface area contributed by atoms with E-state index in [4.69, 9.17) is 0 Å². The van der Waals surface area contributed by atoms with Crippen LogP contribution in [0.1, 0.15) is 38.2 Å². The van der Waals surface area contributed by atoms with E-state index in [1.54, 1.807) is 0 Å². The second kappa shape index (κ2) is 7.45. The van der Waals surface area contributed by atoms with Crippen LogP contribution >= 0.6 is 0 Å². The Hall–Kier alpha value is -2.09. The van der Waals surface area contributed by atoms with Gasteiger partial charge in [0.15, 0.2) is 0 Å². The van der Waals surface area contributed by atoms with Crippen molar-refractivity contribution in [2.75, 3.05) is 13.6 Å². The first-order chi connectivity index (χ1) is 11.0. The van der Waals surface area contributed by atoms with Crippen LogP contribution < -0.4 is 0 Å². The Labute approximate surface area is 140 Å². The van der Waals surface area contributed by atoms with Crippen molar-refractivity contribution in [2.45, 2.75) is 32.6 Å². The Morgan fingerprint density at radius 2 is 2.09 bits per heavy atom. The second-order valence-electron chi connectivity index (χ2n) is 6.58. The van der Waals surface area contributed by atoms with E-state index in [1.807, 2.05) is 36.2 Å². The van der Waals surface area contributed by atoms with Gasteiger partial charge in [0.2, 0.25) is 5.91 Å². The average Bonchev–Trinajstić information content (AvgIpc) is 2.56. The maximum Gasteiger partial charge on any atom is 0.249 e. The van der Waals surface area contributed by atoms with Gasteiger partial charge in [-0.3, -0.25) is 4.79 Å². The Balaban J connectivity index is 2.24. The quantitative estimate of drug-likeness (QED) is 0.696. The molecule has 1 aliphatic rings. The third kappa shape index (κ3) is 3.82. The van der Waals surface area contributed by atoms with E-state index < -0.39 is 0 Å². The predicted molar refractivity (Wildman–Crippen MR) is 97.3 cm³/mol. The molecule has 1 aromatic rings. The largest absolute Gasteiger partial charge is 0.342 e. The molecule has 1 aromatic carbocycles. The zero-order chi connectivity index (χ0) is 16.9. The van der Waals surface area contributed by atoms with Crippen molar-refractivity contribution in [3.05, 3.63) is 72.4 Å². The minimum atomic E-state index is -0.129. The third-order valence-corrected chi connectivity index (χ3v) is 4.63. The lowest BCUT2D eigenvalue weighted by atomic mass is 9.68. The zero-order valence-electron chi connectivity index (χ0n) is 14.5. The van der Waals surface area contributed by atoms with Gasteiger partial charge in [0.05, 0.1) is 0 Å². The third-order valence-electron chi connectivity index (χ3n) is 4.63. The number of allylic oxidation sites excluding steroid dienone is 4. The van der Waals surface area contributed by atoms with Gasteiger partial charge < -0.3 is 4.90 Å². The highest BCUT2D eigenvalue weighted by Gasteiger charge is 2.35. The molecule has 0 aromatic heterocycles. The Kier molecular flexibility index (Phi) is 5.59. The number of benzene rings is 1. The van der Waals surface area contributed by atoms with Crippen LogP contribution in [0.3, 0.4) is 0 Å². The topological polar surface area (TPSA) is 20.3 Å². The van der Waals surface area contributed by atoms with Gasteiger partial charge in [0, 0.05) is 30.5 Å². The molecule has 0 spiro atoms. The molecule has 0 saturated heterocycles. The molecule has 2 unspecified atom stereocenters. The molecule has 1 aliphatic carbocycles. The van der Waals surface area contributed by atoms with E-state index >= 15 is 0 Å². The molecule has 2 rings (SSSR count). The average molecular weight is 309 g/mol. The van der Waals surface area contributed by atoms with Crippen molar-refractivity contribution in [1.82, 2.24) is 4.90 Å². The lowest BCUT2D eigenvalue weighted by molar-refractivity contribution is -0.126. The predicted octanol–water partition coefficient (Wildman–Crippen LogP) is 4.72. The van der Waals surface area contributed by atoms with Crippen LogP contribution in [0.15, 0.2) is 66.8 Å². The summed E-state index contributed by atoms with van der Waals surface area (Å²) in [7, 11) is 1.88. The highest BCUT2D eigenvalue weighted by Crippen LogP contribution is 2.44. The van der Waals surface area contributed by atoms with Crippen molar-refractivity contribution in [2.24, 2.45) is 5.41 Å². The Bertz CT molecular complexity index is 614. The molecule has 2 atom stereocenters. The summed E-state index contributed by atoms with van der Waals surface area (Å²) in [5.74, 6) is 0.325. The van der Waals surface area contributed by atoms with Gasteiger partial charge in [-0.2, -0.15) is 0 Å². The highest BCUT2D eigenvalue weighted by atomic mass is 16.2. The summed E-state index contributed by atoms with van der Waals surface area (Å²) in [5.41, 5.74) is 2.00. The van der Waals surface area contributed by atoms with Gasteiger partial charge >= 0.3 is 0 Å². The number of amides is 1. The maximum atomic E-state index is 12.6. The molecule has 2 heteroatoms. The maximum absolute atomic E-state index is 12.6. The van der Waals surface area contributed by atoms with Crippen molar-refractivity contribution in [1.29, 1.82) is 0 Å². The number of rotatable bonds is 6. The molecule has 122 valence electrons. The van der Waals surface area contributed by atoms with Gasteiger partial charge in [-0.05, 0) is 18.4 Å². The van der Waals surface area contributed by atoms with Crippen molar-refractivity contribution in [3.8, 4) is 0 Å². The van der Waals surface area contributed by atoms with Crippen LogP contribution in [0.4, 0.5) is 0 Å². The van der Waals surface area contributed by atoms with E-state index in [1.165, 1.54) is 5.56 Å². The number of hydrogen-bond acceptors (Lipinski definition) is 1. The zero-order valence-corrected chi connectivity index (χ0v) is 14.5. The lowest BCUT2D eigenvalue weighted by Crippen LogP contribution is -2.33. The van der Waals surface area contributed by atoms with E-state index in [2.05, 4.69) is 50.8 Å². The molecule has 2 nitrogen and oxygen atoms in total. The lowest BCUT2D eigenvalue weighted by Gasteiger charge is -2.37. The first kappa shape index (κ1) is 17.3. The molecule has 0 aliphatic heterocycles. The summed E-state index contributed by atoms with van der Waals surface area (Å²) in [6, 6.07) is 10.4. The number of likely N-dealkylation sites (N-methyl/N-ethyl adjacent to an activating group) is 1. The fourth-order valence-electron chi connectivity index (χ4n) is 3.40. The SMILES string of the molecule is C=CC(c1ccccc1)C1(C)C=CC=C(C(=O)N(C)CCC)C1. The molecule has 1 amide bonds. The summed E-state index contributed by atoms with van der Waals surface area (Å²) in [5, 5.41) is 0. The minimum Gasteiger partial charge on any atom is -0.342 e. The summed E-state index contributed by atoms with van der Waals surface area (Å²) in [6.07, 6.45) is 9.91. The number of carbonyl (C=O) groups excluding carboxylic acids is 1. The molecule has 0 bridgehead atoms. The van der Waals surface area contributed by atoms with Crippen LogP contribution in [0, 0.1) is 5.41 Å². The number of nitrogens with zero attached hydrogens (tertiary/aromatic N) is 1. The number of carbonyl (C=O) groups is 1.